The van der Waals surface area contributed by atoms with Gasteiger partial charge in [-0.05, 0) is 71.8 Å². The highest BCUT2D eigenvalue weighted by Gasteiger charge is 2.41. The number of esters is 2. The zero-order valence-electron chi connectivity index (χ0n) is 28.5. The second-order valence-corrected chi connectivity index (χ2v) is 12.6. The van der Waals surface area contributed by atoms with E-state index in [4.69, 9.17) is 9.47 Å². The minimum Gasteiger partial charge on any atom is -0.423 e. The number of amides is 8. The van der Waals surface area contributed by atoms with Crippen LogP contribution in [0, 0.1) is 0 Å². The molecule has 4 heterocycles. The van der Waals surface area contributed by atoms with Crippen molar-refractivity contribution >= 4 is 59.2 Å². The van der Waals surface area contributed by atoms with Gasteiger partial charge >= 0.3 is 11.9 Å². The first-order chi connectivity index (χ1) is 26.9. The summed E-state index contributed by atoms with van der Waals surface area (Å²) in [6, 6.07) is 20.6. The molecule has 0 spiro atoms. The van der Waals surface area contributed by atoms with E-state index in [9.17, 15) is 47.9 Å². The first-order valence-electron chi connectivity index (χ1n) is 16.6. The van der Waals surface area contributed by atoms with Crippen LogP contribution in [0.2, 0.25) is 0 Å². The Labute approximate surface area is 314 Å². The minimum absolute atomic E-state index is 0.0106. The van der Waals surface area contributed by atoms with Gasteiger partial charge in [-0.15, -0.1) is 0 Å². The smallest absolute Gasteiger partial charge is 0.343 e. The molecule has 56 heavy (non-hydrogen) atoms. The molecule has 0 unspecified atom stereocenters. The molecule has 0 saturated carbocycles. The third-order valence-electron chi connectivity index (χ3n) is 9.24. The number of carbonyl (C=O) groups is 10. The van der Waals surface area contributed by atoms with E-state index in [-0.39, 0.29) is 44.9 Å². The van der Waals surface area contributed by atoms with E-state index in [0.717, 1.165) is 43.9 Å². The predicted molar refractivity (Wildman–Crippen MR) is 187 cm³/mol. The topological polar surface area (TPSA) is 202 Å². The highest BCUT2D eigenvalue weighted by Crippen LogP contribution is 2.29. The molecule has 0 fully saturated rings. The molecule has 0 bridgehead atoms. The van der Waals surface area contributed by atoms with E-state index < -0.39 is 72.5 Å². The Morgan fingerprint density at radius 3 is 1.05 bits per heavy atom. The van der Waals surface area contributed by atoms with Gasteiger partial charge in [0.15, 0.2) is 0 Å². The van der Waals surface area contributed by atoms with E-state index in [2.05, 4.69) is 0 Å². The van der Waals surface area contributed by atoms with Crippen molar-refractivity contribution in [3.05, 3.63) is 143 Å². The van der Waals surface area contributed by atoms with Gasteiger partial charge in [-0.25, -0.2) is 9.59 Å². The normalized spacial score (nSPS) is 15.8. The Morgan fingerprint density at radius 1 is 0.393 bits per heavy atom. The number of carbonyl (C=O) groups excluding carboxylic acids is 10. The summed E-state index contributed by atoms with van der Waals surface area (Å²) in [6.07, 6.45) is 4.15. The Hall–Kier alpha value is -8.14. The average molecular weight is 751 g/mol. The van der Waals surface area contributed by atoms with Crippen molar-refractivity contribution in [1.29, 1.82) is 0 Å². The van der Waals surface area contributed by atoms with Crippen molar-refractivity contribution in [1.82, 2.24) is 19.6 Å². The lowest BCUT2D eigenvalue weighted by Gasteiger charge is -2.20. The van der Waals surface area contributed by atoms with Crippen LogP contribution < -0.4 is 9.47 Å². The summed E-state index contributed by atoms with van der Waals surface area (Å²) in [5.41, 5.74) is 1.30. The highest BCUT2D eigenvalue weighted by atomic mass is 16.5. The molecule has 8 rings (SSSR count). The maximum atomic E-state index is 13.0. The summed E-state index contributed by atoms with van der Waals surface area (Å²) < 4.78 is 11.0. The third kappa shape index (κ3) is 6.02. The maximum Gasteiger partial charge on any atom is 0.343 e. The number of hydrogen-bond acceptors (Lipinski definition) is 12. The SMILES string of the molecule is O=C(Oc1ccc(-c2ccc(OC(=O)c3ccc4c(c3)C(=O)N(CN3C(=O)C=CC3=O)C4=O)cc2)cc1)c1ccc2c(c1)C(=O)N(CN1C(=O)C=CC1=O)C2=O. The summed E-state index contributed by atoms with van der Waals surface area (Å²) in [5, 5.41) is 0. The van der Waals surface area contributed by atoms with Crippen LogP contribution in [0.1, 0.15) is 62.1 Å². The number of fused-ring (bicyclic) bond motifs is 2. The summed E-state index contributed by atoms with van der Waals surface area (Å²) in [6.45, 7) is -1.12. The van der Waals surface area contributed by atoms with Crippen molar-refractivity contribution < 1.29 is 57.4 Å². The number of hydrogen-bond donors (Lipinski definition) is 0. The summed E-state index contributed by atoms with van der Waals surface area (Å²) in [7, 11) is 0. The van der Waals surface area contributed by atoms with Crippen molar-refractivity contribution in [2.24, 2.45) is 0 Å². The van der Waals surface area contributed by atoms with Gasteiger partial charge in [-0.1, -0.05) is 24.3 Å². The summed E-state index contributed by atoms with van der Waals surface area (Å²) in [5.74, 6) is -6.83. The van der Waals surface area contributed by atoms with Crippen LogP contribution in [-0.2, 0) is 19.2 Å². The monoisotopic (exact) mass is 750 g/mol. The molecule has 0 N–H and O–H groups in total. The Morgan fingerprint density at radius 2 is 0.714 bits per heavy atom. The van der Waals surface area contributed by atoms with Crippen LogP contribution in [0.3, 0.4) is 0 Å². The zero-order valence-corrected chi connectivity index (χ0v) is 28.5. The van der Waals surface area contributed by atoms with Crippen molar-refractivity contribution in [2.75, 3.05) is 13.3 Å². The lowest BCUT2D eigenvalue weighted by Crippen LogP contribution is -2.43. The maximum absolute atomic E-state index is 13.0. The van der Waals surface area contributed by atoms with Crippen LogP contribution in [-0.4, -0.2) is 92.1 Å². The van der Waals surface area contributed by atoms with E-state index in [0.29, 0.717) is 11.1 Å². The molecule has 0 radical (unpaired) electrons. The van der Waals surface area contributed by atoms with Gasteiger partial charge in [0, 0.05) is 24.3 Å². The van der Waals surface area contributed by atoms with Crippen molar-refractivity contribution in [2.45, 2.75) is 0 Å². The third-order valence-corrected chi connectivity index (χ3v) is 9.24. The van der Waals surface area contributed by atoms with E-state index in [1.807, 2.05) is 0 Å². The fourth-order valence-corrected chi connectivity index (χ4v) is 6.28. The lowest BCUT2D eigenvalue weighted by molar-refractivity contribution is -0.139. The standard InChI is InChI=1S/C40H22N4O12/c45-31-13-14-32(46)41(31)19-43-35(49)27-11-5-23(17-29(27)37(43)51)39(53)55-25-7-1-21(2-8-25)22-3-9-26(10-4-22)56-40(54)24-6-12-28-30(18-24)38(52)44(36(28)50)20-42-33(47)15-16-34(42)48/h1-18H,19-20H2. The summed E-state index contributed by atoms with van der Waals surface area (Å²) >= 11 is 0. The number of rotatable bonds is 9. The molecule has 16 heteroatoms. The van der Waals surface area contributed by atoms with E-state index in [1.165, 1.54) is 36.4 Å². The fourth-order valence-electron chi connectivity index (χ4n) is 6.28. The number of nitrogens with zero attached hydrogens (tertiary/aromatic N) is 4. The molecule has 0 saturated heterocycles. The van der Waals surface area contributed by atoms with Gasteiger partial charge in [0.25, 0.3) is 47.3 Å². The Kier molecular flexibility index (Phi) is 8.34. The lowest BCUT2D eigenvalue weighted by atomic mass is 10.0. The van der Waals surface area contributed by atoms with Crippen LogP contribution in [0.25, 0.3) is 11.1 Å². The van der Waals surface area contributed by atoms with Crippen LogP contribution >= 0.6 is 0 Å². The highest BCUT2D eigenvalue weighted by molar-refractivity contribution is 6.24. The van der Waals surface area contributed by atoms with Gasteiger partial charge in [-0.3, -0.25) is 58.0 Å². The van der Waals surface area contributed by atoms with Gasteiger partial charge < -0.3 is 9.47 Å². The Balaban J connectivity index is 0.879. The van der Waals surface area contributed by atoms with Gasteiger partial charge in [-0.2, -0.15) is 0 Å². The van der Waals surface area contributed by atoms with Crippen LogP contribution in [0.4, 0.5) is 0 Å². The molecule has 4 aliphatic rings. The van der Waals surface area contributed by atoms with E-state index in [1.54, 1.807) is 48.5 Å². The molecular formula is C40H22N4O12. The number of ether oxygens (including phenoxy) is 2. The molecule has 0 atom stereocenters. The molecule has 16 nitrogen and oxygen atoms in total. The van der Waals surface area contributed by atoms with Gasteiger partial charge in [0.2, 0.25) is 0 Å². The fraction of sp³-hybridized carbons (Fsp3) is 0.0500. The molecule has 0 aromatic heterocycles. The molecule has 0 aliphatic carbocycles. The van der Waals surface area contributed by atoms with E-state index >= 15 is 0 Å². The van der Waals surface area contributed by atoms with Gasteiger partial charge in [0.05, 0.1) is 33.4 Å². The first kappa shape index (κ1) is 34.9. The minimum atomic E-state index is -0.802. The summed E-state index contributed by atoms with van der Waals surface area (Å²) in [4.78, 5) is 128. The Bertz CT molecular complexity index is 2380. The molecular weight excluding hydrogens is 728 g/mol. The largest absolute Gasteiger partial charge is 0.423 e. The van der Waals surface area contributed by atoms with Crippen molar-refractivity contribution in [3.8, 4) is 22.6 Å². The quantitative estimate of drug-likeness (QED) is 0.138. The van der Waals surface area contributed by atoms with Crippen molar-refractivity contribution in [3.63, 3.8) is 0 Å². The predicted octanol–water partition coefficient (Wildman–Crippen LogP) is 2.75. The van der Waals surface area contributed by atoms with Crippen LogP contribution in [0.15, 0.2) is 109 Å². The zero-order chi connectivity index (χ0) is 39.4. The first-order valence-corrected chi connectivity index (χ1v) is 16.6. The molecule has 4 aromatic rings. The molecule has 4 aromatic carbocycles. The molecule has 4 aliphatic heterocycles. The second kappa shape index (κ2) is 13.4. The van der Waals surface area contributed by atoms with Crippen LogP contribution in [0.5, 0.6) is 11.5 Å². The number of benzene rings is 4. The number of imide groups is 4. The average Bonchev–Trinajstić information content (AvgIpc) is 3.85. The second-order valence-electron chi connectivity index (χ2n) is 12.6. The molecule has 8 amide bonds. The molecule has 274 valence electrons. The van der Waals surface area contributed by atoms with Gasteiger partial charge in [0.1, 0.15) is 24.8 Å².